The molecule has 0 saturated carbocycles. The zero-order chi connectivity index (χ0) is 17.1. The Hall–Kier alpha value is -2.62. The van der Waals surface area contributed by atoms with E-state index in [0.29, 0.717) is 5.75 Å². The van der Waals surface area contributed by atoms with Crippen LogP contribution in [0.1, 0.15) is 43.4 Å². The maximum atomic E-state index is 11.0. The van der Waals surface area contributed by atoms with Crippen molar-refractivity contribution in [3.8, 4) is 5.75 Å². The van der Waals surface area contributed by atoms with E-state index in [9.17, 15) is 10.1 Å². The molecular weight excluding hydrogens is 302 g/mol. The molecule has 2 atom stereocenters. The van der Waals surface area contributed by atoms with Gasteiger partial charge in [0.05, 0.1) is 4.92 Å². The summed E-state index contributed by atoms with van der Waals surface area (Å²) >= 11 is 0. The van der Waals surface area contributed by atoms with Gasteiger partial charge in [-0.3, -0.25) is 10.1 Å². The number of hydrogen-bond acceptors (Lipinski definition) is 3. The molecule has 24 heavy (non-hydrogen) atoms. The molecule has 0 bridgehead atoms. The molecule has 2 aromatic carbocycles. The molecule has 0 radical (unpaired) electrons. The van der Waals surface area contributed by atoms with Gasteiger partial charge in [0.25, 0.3) is 5.69 Å². The van der Waals surface area contributed by atoms with Crippen LogP contribution >= 0.6 is 0 Å². The second-order valence-corrected chi connectivity index (χ2v) is 7.14. The molecule has 1 aliphatic carbocycles. The summed E-state index contributed by atoms with van der Waals surface area (Å²) in [4.78, 5) is 10.6. The number of hydrogen-bond donors (Lipinski definition) is 0. The van der Waals surface area contributed by atoms with E-state index in [1.54, 1.807) is 12.1 Å². The van der Waals surface area contributed by atoms with Gasteiger partial charge in [0, 0.05) is 29.0 Å². The molecule has 2 unspecified atom stereocenters. The van der Waals surface area contributed by atoms with Gasteiger partial charge in [-0.25, -0.2) is 0 Å². The zero-order valence-electron chi connectivity index (χ0n) is 13.9. The van der Waals surface area contributed by atoms with Crippen LogP contribution in [0.2, 0.25) is 0 Å². The quantitative estimate of drug-likeness (QED) is 0.558. The molecule has 0 N–H and O–H groups in total. The summed E-state index contributed by atoms with van der Waals surface area (Å²) in [6.45, 7) is 6.60. The Morgan fingerprint density at radius 2 is 1.92 bits per heavy atom. The predicted octanol–water partition coefficient (Wildman–Crippen LogP) is 4.83. The molecule has 0 amide bonds. The molecule has 2 aromatic rings. The molecule has 2 aliphatic rings. The summed E-state index contributed by atoms with van der Waals surface area (Å²) in [6.07, 6.45) is 4.06. The van der Waals surface area contributed by atoms with Crippen molar-refractivity contribution in [1.29, 1.82) is 0 Å². The molecule has 1 heterocycles. The van der Waals surface area contributed by atoms with E-state index < -0.39 is 5.60 Å². The van der Waals surface area contributed by atoms with E-state index in [2.05, 4.69) is 51.1 Å². The lowest BCUT2D eigenvalue weighted by Crippen LogP contribution is -2.51. The van der Waals surface area contributed by atoms with Crippen LogP contribution in [0.4, 0.5) is 5.69 Å². The van der Waals surface area contributed by atoms with Crippen molar-refractivity contribution < 1.29 is 9.66 Å². The molecule has 122 valence electrons. The number of ether oxygens (including phenoxy) is 1. The third kappa shape index (κ3) is 1.74. The third-order valence-corrected chi connectivity index (χ3v) is 5.71. The fourth-order valence-corrected chi connectivity index (χ4v) is 4.30. The van der Waals surface area contributed by atoms with Crippen molar-refractivity contribution in [2.45, 2.75) is 37.7 Å². The van der Waals surface area contributed by atoms with E-state index in [0.717, 1.165) is 5.56 Å². The summed E-state index contributed by atoms with van der Waals surface area (Å²) in [7, 11) is 0. The first kappa shape index (κ1) is 14.9. The lowest BCUT2D eigenvalue weighted by molar-refractivity contribution is -0.384. The van der Waals surface area contributed by atoms with Gasteiger partial charge in [0.1, 0.15) is 11.4 Å². The molecule has 4 nitrogen and oxygen atoms in total. The first-order valence-corrected chi connectivity index (χ1v) is 8.13. The predicted molar refractivity (Wildman–Crippen MR) is 93.4 cm³/mol. The number of nitro groups is 1. The minimum absolute atomic E-state index is 0.0833. The maximum Gasteiger partial charge on any atom is 0.270 e. The van der Waals surface area contributed by atoms with Crippen LogP contribution in [-0.2, 0) is 5.41 Å². The Labute approximate surface area is 140 Å². The Morgan fingerprint density at radius 1 is 1.17 bits per heavy atom. The van der Waals surface area contributed by atoms with Crippen molar-refractivity contribution in [3.05, 3.63) is 75.3 Å². The zero-order valence-corrected chi connectivity index (χ0v) is 13.9. The average molecular weight is 321 g/mol. The highest BCUT2D eigenvalue weighted by molar-refractivity contribution is 5.67. The van der Waals surface area contributed by atoms with Gasteiger partial charge < -0.3 is 4.74 Å². The summed E-state index contributed by atoms with van der Waals surface area (Å²) in [5.74, 6) is 0.902. The SMILES string of the molecule is CC1c2ccccc2C(C)(C)C12C=Cc1cc([N+](=O)[O-])ccc1O2. The highest BCUT2D eigenvalue weighted by Crippen LogP contribution is 2.57. The number of nitro benzene ring substituents is 1. The van der Waals surface area contributed by atoms with Crippen LogP contribution in [-0.4, -0.2) is 10.5 Å². The second kappa shape index (κ2) is 4.69. The molecule has 0 saturated heterocycles. The smallest absolute Gasteiger partial charge is 0.270 e. The molecule has 4 heteroatoms. The normalized spacial score (nSPS) is 25.9. The van der Waals surface area contributed by atoms with E-state index in [1.165, 1.54) is 17.2 Å². The third-order valence-electron chi connectivity index (χ3n) is 5.71. The molecule has 0 fully saturated rings. The highest BCUT2D eigenvalue weighted by atomic mass is 16.6. The van der Waals surface area contributed by atoms with Crippen LogP contribution in [0.25, 0.3) is 6.08 Å². The van der Waals surface area contributed by atoms with Gasteiger partial charge in [0.15, 0.2) is 0 Å². The fraction of sp³-hybridized carbons (Fsp3) is 0.300. The van der Waals surface area contributed by atoms with Crippen molar-refractivity contribution in [1.82, 2.24) is 0 Å². The Balaban J connectivity index is 1.84. The van der Waals surface area contributed by atoms with Crippen molar-refractivity contribution in [2.24, 2.45) is 0 Å². The molecule has 4 rings (SSSR count). The van der Waals surface area contributed by atoms with Gasteiger partial charge in [-0.1, -0.05) is 51.1 Å². The number of benzene rings is 2. The lowest BCUT2D eigenvalue weighted by atomic mass is 9.70. The Kier molecular flexibility index (Phi) is 2.92. The molecule has 0 aromatic heterocycles. The maximum absolute atomic E-state index is 11.0. The van der Waals surface area contributed by atoms with Crippen LogP contribution < -0.4 is 4.74 Å². The van der Waals surface area contributed by atoms with Gasteiger partial charge >= 0.3 is 0 Å². The Bertz CT molecular complexity index is 884. The minimum Gasteiger partial charge on any atom is -0.481 e. The Morgan fingerprint density at radius 3 is 2.62 bits per heavy atom. The van der Waals surface area contributed by atoms with Gasteiger partial charge in [-0.15, -0.1) is 0 Å². The van der Waals surface area contributed by atoms with Gasteiger partial charge in [0.2, 0.25) is 0 Å². The summed E-state index contributed by atoms with van der Waals surface area (Å²) in [6, 6.07) is 13.3. The average Bonchev–Trinajstić information content (AvgIpc) is 2.74. The van der Waals surface area contributed by atoms with Crippen LogP contribution in [0.5, 0.6) is 5.75 Å². The minimum atomic E-state index is -0.486. The number of rotatable bonds is 1. The summed E-state index contributed by atoms with van der Waals surface area (Å²) < 4.78 is 6.52. The standard InChI is InChI=1S/C20H19NO3/c1-13-16-6-4-5-7-17(16)19(2,3)20(13)11-10-14-12-15(21(22)23)8-9-18(14)24-20/h4-13H,1-3H3. The summed E-state index contributed by atoms with van der Waals surface area (Å²) in [5, 5.41) is 11.0. The van der Waals surface area contributed by atoms with E-state index >= 15 is 0 Å². The molecular formula is C20H19NO3. The monoisotopic (exact) mass is 321 g/mol. The topological polar surface area (TPSA) is 52.4 Å². The first-order chi connectivity index (χ1) is 11.4. The van der Waals surface area contributed by atoms with Gasteiger partial charge in [-0.2, -0.15) is 0 Å². The van der Waals surface area contributed by atoms with Crippen molar-refractivity contribution in [2.75, 3.05) is 0 Å². The fourth-order valence-electron chi connectivity index (χ4n) is 4.30. The number of fused-ring (bicyclic) bond motifs is 2. The molecule has 1 spiro atoms. The lowest BCUT2D eigenvalue weighted by Gasteiger charge is -2.44. The number of non-ortho nitro benzene ring substituents is 1. The number of nitrogens with zero attached hydrogens (tertiary/aromatic N) is 1. The van der Waals surface area contributed by atoms with Crippen molar-refractivity contribution in [3.63, 3.8) is 0 Å². The molecule has 1 aliphatic heterocycles. The van der Waals surface area contributed by atoms with Gasteiger partial charge in [-0.05, 0) is 23.3 Å². The van der Waals surface area contributed by atoms with Crippen LogP contribution in [0.3, 0.4) is 0 Å². The van der Waals surface area contributed by atoms with Crippen LogP contribution in [0.15, 0.2) is 48.5 Å². The van der Waals surface area contributed by atoms with E-state index in [-0.39, 0.29) is 21.9 Å². The van der Waals surface area contributed by atoms with E-state index in [4.69, 9.17) is 4.74 Å². The first-order valence-electron chi connectivity index (χ1n) is 8.13. The second-order valence-electron chi connectivity index (χ2n) is 7.14. The summed E-state index contributed by atoms with van der Waals surface area (Å²) in [5.41, 5.74) is 2.76. The van der Waals surface area contributed by atoms with Crippen LogP contribution in [0, 0.1) is 10.1 Å². The largest absolute Gasteiger partial charge is 0.481 e. The highest BCUT2D eigenvalue weighted by Gasteiger charge is 2.58. The van der Waals surface area contributed by atoms with Crippen molar-refractivity contribution >= 4 is 11.8 Å². The van der Waals surface area contributed by atoms with E-state index in [1.807, 2.05) is 6.08 Å².